The second-order valence-electron chi connectivity index (χ2n) is 21.9. The maximum absolute atomic E-state index is 14.1. The summed E-state index contributed by atoms with van der Waals surface area (Å²) in [6.45, 7) is 0.531. The number of hydrogen-bond acceptors (Lipinski definition) is 20. The zero-order valence-corrected chi connectivity index (χ0v) is 46.7. The lowest BCUT2D eigenvalue weighted by Gasteiger charge is -2.43. The summed E-state index contributed by atoms with van der Waals surface area (Å²) in [7, 11) is 1.28. The number of ether oxygens (including phenoxy) is 4. The smallest absolute Gasteiger partial charge is 0.315 e. The number of amides is 5. The summed E-state index contributed by atoms with van der Waals surface area (Å²) < 4.78 is 23.1. The Morgan fingerprint density at radius 1 is 0.824 bits per heavy atom. The molecule has 0 saturated carbocycles. The number of aliphatic hydroxyl groups excluding tert-OH is 4. The Labute approximate surface area is 486 Å². The Morgan fingerprint density at radius 3 is 2.16 bits per heavy atom. The normalized spacial score (nSPS) is 23.7. The molecule has 25 heteroatoms. The number of likely N-dealkylation sites (tertiary alicyclic amines) is 1. The van der Waals surface area contributed by atoms with Crippen LogP contribution in [0.15, 0.2) is 66.7 Å². The molecule has 4 aromatic rings. The summed E-state index contributed by atoms with van der Waals surface area (Å²) in [6.07, 6.45) is -8.43. The fourth-order valence-corrected chi connectivity index (χ4v) is 12.0. The Hall–Kier alpha value is -8.17. The monoisotopic (exact) mass is 1180 g/mol. The third-order valence-corrected chi connectivity index (χ3v) is 16.4. The number of rotatable bonds is 21. The number of phenols is 2. The van der Waals surface area contributed by atoms with E-state index in [0.29, 0.717) is 0 Å². The van der Waals surface area contributed by atoms with Gasteiger partial charge in [-0.1, -0.05) is 60.7 Å². The molecule has 3 aliphatic carbocycles. The molecule has 0 spiro atoms. The van der Waals surface area contributed by atoms with Crippen LogP contribution in [0.3, 0.4) is 0 Å². The molecule has 0 aromatic heterocycles. The molecule has 2 saturated heterocycles. The predicted molar refractivity (Wildman–Crippen MR) is 295 cm³/mol. The first-order valence-corrected chi connectivity index (χ1v) is 27.9. The van der Waals surface area contributed by atoms with Crippen molar-refractivity contribution in [3.8, 4) is 28.4 Å². The number of benzene rings is 4. The van der Waals surface area contributed by atoms with Crippen LogP contribution >= 0.6 is 0 Å². The van der Waals surface area contributed by atoms with Gasteiger partial charge in [0.2, 0.25) is 35.3 Å². The van der Waals surface area contributed by atoms with Crippen LogP contribution in [0, 0.1) is 0 Å². The average molecular weight is 1180 g/mol. The van der Waals surface area contributed by atoms with Gasteiger partial charge >= 0.3 is 5.97 Å². The highest BCUT2D eigenvalue weighted by Gasteiger charge is 2.51. The van der Waals surface area contributed by atoms with Crippen molar-refractivity contribution in [2.45, 2.75) is 132 Å². The maximum Gasteiger partial charge on any atom is 0.315 e. The standard InChI is InChI=1S/C60H67N5O20/c1-28(62-59(80)40-19-30(68)24-65(40)45(71)21-46(72)83-27-37-33-13-6-4-11-31(33)32-12-5-7-14-34(32)37)57(78)64-39(25-66)58(79)61-18-9-8-17-44(70)63-38-20-47(84-29(2)52(38)73)85-42-23-60(81,43(69)26-67)22-36-49(42)56(77)51-50(54(36)75)53(74)35-15-10-16-41(82-3)48(35)55(51)76/h4-7,10-16,28-30,37-40,42,47,52,66-68,73,75,77,81H,8-9,17-27H2,1-3H3,(H,61,79)(H,62,80)(H,63,70)(H,64,78)/t28-,29?,30+,38?,39-,40-,42?,47?,52?,60-/m0/s1. The van der Waals surface area contributed by atoms with Gasteiger partial charge in [0.15, 0.2) is 17.9 Å². The van der Waals surface area contributed by atoms with Crippen LogP contribution in [0.1, 0.15) is 125 Å². The highest BCUT2D eigenvalue weighted by molar-refractivity contribution is 6.31. The van der Waals surface area contributed by atoms with Crippen molar-refractivity contribution < 1.29 is 97.8 Å². The molecule has 0 radical (unpaired) electrons. The highest BCUT2D eigenvalue weighted by atomic mass is 16.7. The van der Waals surface area contributed by atoms with Crippen molar-refractivity contribution in [3.05, 3.63) is 111 Å². The number of carbonyl (C=O) groups excluding carboxylic acids is 9. The lowest BCUT2D eigenvalue weighted by molar-refractivity contribution is -0.249. The molecule has 4 aromatic carbocycles. The van der Waals surface area contributed by atoms with Crippen LogP contribution < -0.4 is 26.0 Å². The van der Waals surface area contributed by atoms with E-state index < -0.39 is 168 Å². The number of aliphatic hydroxyl groups is 5. The molecule has 9 rings (SSSR count). The third kappa shape index (κ3) is 12.4. The quantitative estimate of drug-likeness (QED) is 0.0201. The Morgan fingerprint density at radius 2 is 1.49 bits per heavy atom. The van der Waals surface area contributed by atoms with Crippen LogP contribution in [0.4, 0.5) is 0 Å². The second-order valence-corrected chi connectivity index (χ2v) is 21.9. The van der Waals surface area contributed by atoms with Crippen molar-refractivity contribution in [1.29, 1.82) is 0 Å². The molecule has 2 aliphatic heterocycles. The van der Waals surface area contributed by atoms with E-state index in [9.17, 15) is 78.9 Å². The van der Waals surface area contributed by atoms with E-state index >= 15 is 0 Å². The first-order chi connectivity index (χ1) is 40.6. The van der Waals surface area contributed by atoms with Gasteiger partial charge in [0.25, 0.3) is 0 Å². The molecule has 85 heavy (non-hydrogen) atoms. The molecular weight excluding hydrogens is 1110 g/mol. The Kier molecular flexibility index (Phi) is 18.5. The second kappa shape index (κ2) is 25.6. The van der Waals surface area contributed by atoms with Gasteiger partial charge in [-0.25, -0.2) is 0 Å². The number of phenolic OH excluding ortho intramolecular Hbond substituents is 2. The van der Waals surface area contributed by atoms with Crippen molar-refractivity contribution in [2.24, 2.45) is 0 Å². The lowest BCUT2D eigenvalue weighted by atomic mass is 9.72. The fourth-order valence-electron chi connectivity index (χ4n) is 12.0. The molecule has 25 nitrogen and oxygen atoms in total. The maximum atomic E-state index is 14.1. The fraction of sp³-hybridized carbons (Fsp3) is 0.450. The summed E-state index contributed by atoms with van der Waals surface area (Å²) in [6, 6.07) is 14.7. The molecule has 5 aliphatic rings. The van der Waals surface area contributed by atoms with Gasteiger partial charge in [-0.15, -0.1) is 0 Å². The number of hydrogen-bond donors (Lipinski definition) is 11. The topological polar surface area (TPSA) is 384 Å². The van der Waals surface area contributed by atoms with Crippen LogP contribution in [0.25, 0.3) is 11.1 Å². The number of β-amino-alcohol motifs (C(OH)–C–C–N with tert-alkyl or cyclic N) is 1. The van der Waals surface area contributed by atoms with E-state index in [1.807, 2.05) is 48.5 Å². The molecular formula is C60H67N5O20. The van der Waals surface area contributed by atoms with E-state index in [1.54, 1.807) is 0 Å². The molecule has 0 bridgehead atoms. The zero-order valence-electron chi connectivity index (χ0n) is 46.7. The van der Waals surface area contributed by atoms with E-state index in [4.69, 9.17) is 18.9 Å². The van der Waals surface area contributed by atoms with E-state index in [-0.39, 0.29) is 85.7 Å². The molecule has 2 heterocycles. The van der Waals surface area contributed by atoms with Gasteiger partial charge in [0.1, 0.15) is 66.7 Å². The number of nitrogens with one attached hydrogen (secondary N) is 4. The van der Waals surface area contributed by atoms with Gasteiger partial charge in [0.05, 0.1) is 54.8 Å². The van der Waals surface area contributed by atoms with Crippen molar-refractivity contribution in [2.75, 3.05) is 40.0 Å². The molecule has 452 valence electrons. The number of esters is 1. The molecule has 2 fully saturated rings. The van der Waals surface area contributed by atoms with E-state index in [1.165, 1.54) is 39.2 Å². The Balaban J connectivity index is 0.734. The number of methoxy groups -OCH3 is 1. The number of aromatic hydroxyl groups is 2. The number of unbranched alkanes of at least 4 members (excludes halogenated alkanes) is 1. The van der Waals surface area contributed by atoms with Crippen molar-refractivity contribution >= 4 is 52.9 Å². The largest absolute Gasteiger partial charge is 0.507 e. The Bertz CT molecular complexity index is 3290. The third-order valence-electron chi connectivity index (χ3n) is 16.4. The number of nitrogens with zero attached hydrogens (tertiary/aromatic N) is 1. The summed E-state index contributed by atoms with van der Waals surface area (Å²) >= 11 is 0. The predicted octanol–water partition coefficient (Wildman–Crippen LogP) is 0.135. The van der Waals surface area contributed by atoms with Gasteiger partial charge in [-0.3, -0.25) is 43.2 Å². The SMILES string of the molecule is COc1cccc2c1C(=O)c1c(O)c3c(c(O)c1C2=O)C[C@@](O)(C(=O)CO)CC3OC1CC(NC(=O)CCCCNC(=O)[C@H](CO)NC(=O)[C@H](C)NC(=O)[C@@H]2C[C@@H](O)CN2C(=O)CC(=O)OCC2c3ccccc3-c3ccccc32)C(O)C(C)O1. The summed E-state index contributed by atoms with van der Waals surface area (Å²) in [5.74, 6) is -9.20. The van der Waals surface area contributed by atoms with Crippen molar-refractivity contribution in [3.63, 3.8) is 0 Å². The summed E-state index contributed by atoms with van der Waals surface area (Å²) in [5.41, 5.74) is -0.405. The first kappa shape index (κ1) is 61.4. The minimum absolute atomic E-state index is 0.0130. The number of carbonyl (C=O) groups is 9. The van der Waals surface area contributed by atoms with Crippen LogP contribution in [-0.2, 0) is 54.2 Å². The van der Waals surface area contributed by atoms with Gasteiger partial charge in [-0.05, 0) is 55.0 Å². The van der Waals surface area contributed by atoms with Gasteiger partial charge < -0.3 is 80.9 Å². The summed E-state index contributed by atoms with van der Waals surface area (Å²) in [5, 5.41) is 86.8. The summed E-state index contributed by atoms with van der Waals surface area (Å²) in [4.78, 5) is 121. The van der Waals surface area contributed by atoms with Crippen LogP contribution in [0.5, 0.6) is 17.2 Å². The van der Waals surface area contributed by atoms with Gasteiger partial charge in [0, 0.05) is 67.8 Å². The van der Waals surface area contributed by atoms with Crippen molar-refractivity contribution in [1.82, 2.24) is 26.2 Å². The first-order valence-electron chi connectivity index (χ1n) is 27.9. The number of fused-ring (bicyclic) bond motifs is 6. The van der Waals surface area contributed by atoms with E-state index in [2.05, 4.69) is 21.3 Å². The minimum Gasteiger partial charge on any atom is -0.507 e. The minimum atomic E-state index is -2.41. The van der Waals surface area contributed by atoms with Crippen LogP contribution in [0.2, 0.25) is 0 Å². The molecule has 5 amide bonds. The number of ketones is 3. The molecule has 10 atom stereocenters. The van der Waals surface area contributed by atoms with Crippen LogP contribution in [-0.4, -0.2) is 188 Å². The molecule has 5 unspecified atom stereocenters. The highest BCUT2D eigenvalue weighted by Crippen LogP contribution is 2.53. The zero-order chi connectivity index (χ0) is 61.2. The lowest BCUT2D eigenvalue weighted by Crippen LogP contribution is -2.56. The number of Topliss-reactive ketones (excluding diaryl/α,β-unsaturated/α-hetero) is 1. The average Bonchev–Trinajstić information content (AvgIpc) is 2.87. The van der Waals surface area contributed by atoms with E-state index in [0.717, 1.165) is 27.2 Å². The molecule has 11 N–H and O–H groups in total. The van der Waals surface area contributed by atoms with Gasteiger partial charge in [-0.2, -0.15) is 0 Å².